The maximum Gasteiger partial charge on any atom is 0.270 e. The fraction of sp³-hybridized carbons (Fsp3) is 0.250. The summed E-state index contributed by atoms with van der Waals surface area (Å²) in [5.74, 6) is 0.0607. The Balaban J connectivity index is 1.16. The summed E-state index contributed by atoms with van der Waals surface area (Å²) in [7, 11) is 0. The topological polar surface area (TPSA) is 84.5 Å². The molecule has 4 aromatic rings. The summed E-state index contributed by atoms with van der Waals surface area (Å²) in [6.45, 7) is 3.99. The Kier molecular flexibility index (Phi) is 5.89. The molecule has 0 radical (unpaired) electrons. The molecular weight excluding hydrogens is 438 g/mol. The Bertz CT molecular complexity index is 1290. The van der Waals surface area contributed by atoms with Gasteiger partial charge in [-0.15, -0.1) is 11.3 Å². The standard InChI is InChI=1S/C24H23N5O3S/c30-23(16-28-9-8-19-14-21(29(31)32)6-7-22(19)28)27-12-10-26(11-13-27)15-20-17-33-24(25-20)18-4-2-1-3-5-18/h1-9,14,17H,10-13,15-16H2. The molecule has 1 amide bonds. The molecule has 0 N–H and O–H groups in total. The van der Waals surface area contributed by atoms with Gasteiger partial charge in [0.1, 0.15) is 11.6 Å². The molecule has 1 aliphatic rings. The van der Waals surface area contributed by atoms with Crippen molar-refractivity contribution in [1.82, 2.24) is 19.4 Å². The second-order valence-electron chi connectivity index (χ2n) is 8.11. The minimum Gasteiger partial charge on any atom is -0.339 e. The van der Waals surface area contributed by atoms with Crippen LogP contribution in [-0.4, -0.2) is 56.4 Å². The number of hydrogen-bond donors (Lipinski definition) is 0. The van der Waals surface area contributed by atoms with E-state index in [-0.39, 0.29) is 18.1 Å². The van der Waals surface area contributed by atoms with E-state index in [1.165, 1.54) is 12.1 Å². The van der Waals surface area contributed by atoms with E-state index in [2.05, 4.69) is 22.4 Å². The fourth-order valence-electron chi connectivity index (χ4n) is 4.16. The van der Waals surface area contributed by atoms with Gasteiger partial charge >= 0.3 is 0 Å². The van der Waals surface area contributed by atoms with Crippen LogP contribution >= 0.6 is 11.3 Å². The number of rotatable bonds is 6. The Labute approximate surface area is 194 Å². The zero-order valence-corrected chi connectivity index (χ0v) is 18.8. The molecule has 168 valence electrons. The molecule has 0 bridgehead atoms. The lowest BCUT2D eigenvalue weighted by molar-refractivity contribution is -0.384. The largest absolute Gasteiger partial charge is 0.339 e. The summed E-state index contributed by atoms with van der Waals surface area (Å²) in [5, 5.41) is 14.9. The molecule has 2 aromatic carbocycles. The van der Waals surface area contributed by atoms with Crippen LogP contribution in [0.5, 0.6) is 0 Å². The van der Waals surface area contributed by atoms with E-state index in [1.807, 2.05) is 39.9 Å². The molecule has 33 heavy (non-hydrogen) atoms. The van der Waals surface area contributed by atoms with Crippen LogP contribution in [-0.2, 0) is 17.9 Å². The van der Waals surface area contributed by atoms with Crippen LogP contribution in [0.1, 0.15) is 5.69 Å². The predicted octanol–water partition coefficient (Wildman–Crippen LogP) is 4.02. The average molecular weight is 462 g/mol. The van der Waals surface area contributed by atoms with Gasteiger partial charge in [0, 0.05) is 72.9 Å². The van der Waals surface area contributed by atoms with Crippen molar-refractivity contribution >= 4 is 33.8 Å². The highest BCUT2D eigenvalue weighted by atomic mass is 32.1. The van der Waals surface area contributed by atoms with Gasteiger partial charge in [0.2, 0.25) is 5.91 Å². The van der Waals surface area contributed by atoms with Crippen molar-refractivity contribution in [1.29, 1.82) is 0 Å². The van der Waals surface area contributed by atoms with Gasteiger partial charge in [-0.3, -0.25) is 19.8 Å². The third kappa shape index (κ3) is 4.64. The van der Waals surface area contributed by atoms with Crippen molar-refractivity contribution in [3.63, 3.8) is 0 Å². The molecule has 0 atom stereocenters. The number of non-ortho nitro benzene ring substituents is 1. The van der Waals surface area contributed by atoms with Gasteiger partial charge in [0.25, 0.3) is 5.69 Å². The second kappa shape index (κ2) is 9.13. The molecule has 1 saturated heterocycles. The van der Waals surface area contributed by atoms with Gasteiger partial charge in [0.15, 0.2) is 0 Å². The number of amides is 1. The molecule has 0 spiro atoms. The van der Waals surface area contributed by atoms with E-state index in [9.17, 15) is 14.9 Å². The number of benzene rings is 2. The van der Waals surface area contributed by atoms with Crippen molar-refractivity contribution in [2.75, 3.05) is 26.2 Å². The minimum absolute atomic E-state index is 0.0544. The van der Waals surface area contributed by atoms with Crippen LogP contribution in [0.4, 0.5) is 5.69 Å². The molecule has 0 unspecified atom stereocenters. The van der Waals surface area contributed by atoms with Crippen molar-refractivity contribution < 1.29 is 9.72 Å². The summed E-state index contributed by atoms with van der Waals surface area (Å²) in [4.78, 5) is 32.4. The van der Waals surface area contributed by atoms with E-state index in [1.54, 1.807) is 17.4 Å². The van der Waals surface area contributed by atoms with Gasteiger partial charge in [-0.25, -0.2) is 4.98 Å². The Morgan fingerprint density at radius 3 is 2.61 bits per heavy atom. The second-order valence-corrected chi connectivity index (χ2v) is 8.97. The normalized spacial score (nSPS) is 14.6. The number of aromatic nitrogens is 2. The van der Waals surface area contributed by atoms with E-state index in [0.717, 1.165) is 46.8 Å². The number of thiazole rings is 1. The Hall–Kier alpha value is -3.56. The predicted molar refractivity (Wildman–Crippen MR) is 128 cm³/mol. The highest BCUT2D eigenvalue weighted by molar-refractivity contribution is 7.13. The van der Waals surface area contributed by atoms with Gasteiger partial charge in [-0.05, 0) is 12.1 Å². The van der Waals surface area contributed by atoms with Crippen LogP contribution in [0, 0.1) is 10.1 Å². The smallest absolute Gasteiger partial charge is 0.270 e. The van der Waals surface area contributed by atoms with E-state index in [4.69, 9.17) is 4.98 Å². The van der Waals surface area contributed by atoms with Crippen molar-refractivity contribution in [3.8, 4) is 10.6 Å². The van der Waals surface area contributed by atoms with Crippen LogP contribution in [0.15, 0.2) is 66.2 Å². The quantitative estimate of drug-likeness (QED) is 0.320. The number of hydrogen-bond acceptors (Lipinski definition) is 6. The minimum atomic E-state index is -0.407. The number of piperazine rings is 1. The molecule has 0 saturated carbocycles. The molecule has 1 aliphatic heterocycles. The molecule has 8 nitrogen and oxygen atoms in total. The zero-order chi connectivity index (χ0) is 22.8. The molecule has 1 fully saturated rings. The third-order valence-corrected chi connectivity index (χ3v) is 6.89. The SMILES string of the molecule is O=C(Cn1ccc2cc([N+](=O)[O-])ccc21)N1CCN(Cc2csc(-c3ccccc3)n2)CC1. The molecule has 0 aliphatic carbocycles. The van der Waals surface area contributed by atoms with E-state index in [0.29, 0.717) is 13.1 Å². The Morgan fingerprint density at radius 1 is 1.06 bits per heavy atom. The van der Waals surface area contributed by atoms with Crippen molar-refractivity contribution in [2.45, 2.75) is 13.1 Å². The third-order valence-electron chi connectivity index (χ3n) is 5.95. The van der Waals surface area contributed by atoms with Crippen molar-refractivity contribution in [2.24, 2.45) is 0 Å². The summed E-state index contributed by atoms with van der Waals surface area (Å²) in [6.07, 6.45) is 1.81. The number of fused-ring (bicyclic) bond motifs is 1. The van der Waals surface area contributed by atoms with Crippen LogP contribution in [0.3, 0.4) is 0 Å². The monoisotopic (exact) mass is 461 g/mol. The maximum absolute atomic E-state index is 12.9. The maximum atomic E-state index is 12.9. The average Bonchev–Trinajstić information content (AvgIpc) is 3.47. The van der Waals surface area contributed by atoms with Crippen molar-refractivity contribution in [3.05, 3.63) is 82.0 Å². The molecule has 2 aromatic heterocycles. The molecule has 5 rings (SSSR count). The lowest BCUT2D eigenvalue weighted by atomic mass is 10.2. The summed E-state index contributed by atoms with van der Waals surface area (Å²) >= 11 is 1.66. The summed E-state index contributed by atoms with van der Waals surface area (Å²) in [5.41, 5.74) is 3.08. The number of nitrogens with zero attached hydrogens (tertiary/aromatic N) is 5. The highest BCUT2D eigenvalue weighted by Crippen LogP contribution is 2.24. The van der Waals surface area contributed by atoms with Crippen LogP contribution in [0.2, 0.25) is 0 Å². The van der Waals surface area contributed by atoms with E-state index < -0.39 is 4.92 Å². The number of nitro groups is 1. The lowest BCUT2D eigenvalue weighted by Gasteiger charge is -2.34. The first-order chi connectivity index (χ1) is 16.1. The first-order valence-electron chi connectivity index (χ1n) is 10.8. The van der Waals surface area contributed by atoms with Crippen LogP contribution in [0.25, 0.3) is 21.5 Å². The fourth-order valence-corrected chi connectivity index (χ4v) is 4.98. The lowest BCUT2D eigenvalue weighted by Crippen LogP contribution is -2.49. The number of carbonyl (C=O) groups is 1. The summed E-state index contributed by atoms with van der Waals surface area (Å²) in [6, 6.07) is 16.7. The van der Waals surface area contributed by atoms with Gasteiger partial charge < -0.3 is 9.47 Å². The first kappa shape index (κ1) is 21.3. The number of nitro benzene ring substituents is 1. The molecular formula is C24H23N5O3S. The van der Waals surface area contributed by atoms with Gasteiger partial charge in [0.05, 0.1) is 10.6 Å². The highest BCUT2D eigenvalue weighted by Gasteiger charge is 2.22. The van der Waals surface area contributed by atoms with Gasteiger partial charge in [-0.2, -0.15) is 0 Å². The summed E-state index contributed by atoms with van der Waals surface area (Å²) < 4.78 is 1.86. The van der Waals surface area contributed by atoms with Gasteiger partial charge in [-0.1, -0.05) is 30.3 Å². The van der Waals surface area contributed by atoms with Crippen LogP contribution < -0.4 is 0 Å². The molecule has 3 heterocycles. The van der Waals surface area contributed by atoms with E-state index >= 15 is 0 Å². The first-order valence-corrected chi connectivity index (χ1v) is 11.7. The number of carbonyl (C=O) groups excluding carboxylic acids is 1. The zero-order valence-electron chi connectivity index (χ0n) is 18.0. The Morgan fingerprint density at radius 2 is 1.85 bits per heavy atom. The molecule has 9 heteroatoms.